The number of hydrogen-bond acceptors (Lipinski definition) is 3. The fourth-order valence-corrected chi connectivity index (χ4v) is 2.97. The van der Waals surface area contributed by atoms with Crippen LogP contribution in [0.15, 0.2) is 47.4 Å². The van der Waals surface area contributed by atoms with Gasteiger partial charge in [0.15, 0.2) is 0 Å². The monoisotopic (exact) mass is 311 g/mol. The van der Waals surface area contributed by atoms with Crippen LogP contribution in [0.5, 0.6) is 5.75 Å². The van der Waals surface area contributed by atoms with Gasteiger partial charge in [-0.2, -0.15) is 0 Å². The van der Waals surface area contributed by atoms with E-state index in [9.17, 15) is 8.42 Å². The normalized spacial score (nSPS) is 11.2. The molecule has 20 heavy (non-hydrogen) atoms. The van der Waals surface area contributed by atoms with Crippen LogP contribution in [0.25, 0.3) is 0 Å². The highest BCUT2D eigenvalue weighted by molar-refractivity contribution is 7.92. The van der Waals surface area contributed by atoms with Crippen molar-refractivity contribution in [2.45, 2.75) is 11.8 Å². The summed E-state index contributed by atoms with van der Waals surface area (Å²) in [5.74, 6) is 0.491. The number of halogens is 1. The highest BCUT2D eigenvalue weighted by Crippen LogP contribution is 2.28. The molecular formula is C14H14ClNO3S. The molecule has 0 aromatic heterocycles. The molecule has 0 aliphatic heterocycles. The van der Waals surface area contributed by atoms with Crippen LogP contribution in [0.4, 0.5) is 5.69 Å². The first-order valence-electron chi connectivity index (χ1n) is 5.85. The summed E-state index contributed by atoms with van der Waals surface area (Å²) in [6.07, 6.45) is 0. The summed E-state index contributed by atoms with van der Waals surface area (Å²) < 4.78 is 31.9. The Bertz CT molecular complexity index is 712. The molecule has 1 N–H and O–H groups in total. The number of methoxy groups -OCH3 is 1. The molecule has 0 spiro atoms. The van der Waals surface area contributed by atoms with Crippen LogP contribution in [0, 0.1) is 6.92 Å². The average molecular weight is 312 g/mol. The third-order valence-electron chi connectivity index (χ3n) is 2.74. The van der Waals surface area contributed by atoms with Crippen molar-refractivity contribution in [3.8, 4) is 5.75 Å². The number of hydrogen-bond donors (Lipinski definition) is 1. The maximum Gasteiger partial charge on any atom is 0.261 e. The Morgan fingerprint density at radius 3 is 2.30 bits per heavy atom. The van der Waals surface area contributed by atoms with Crippen molar-refractivity contribution >= 4 is 27.3 Å². The van der Waals surface area contributed by atoms with Gasteiger partial charge in [-0.15, -0.1) is 0 Å². The van der Waals surface area contributed by atoms with E-state index in [2.05, 4.69) is 4.72 Å². The Hall–Kier alpha value is -1.72. The molecule has 0 aliphatic rings. The van der Waals surface area contributed by atoms with Crippen LogP contribution in [0.1, 0.15) is 5.56 Å². The number of sulfonamides is 1. The van der Waals surface area contributed by atoms with Crippen LogP contribution in [-0.2, 0) is 10.0 Å². The first-order valence-corrected chi connectivity index (χ1v) is 7.71. The molecule has 0 saturated heterocycles. The molecule has 4 nitrogen and oxygen atoms in total. The quantitative estimate of drug-likeness (QED) is 0.940. The minimum Gasteiger partial charge on any atom is -0.495 e. The largest absolute Gasteiger partial charge is 0.495 e. The van der Waals surface area contributed by atoms with E-state index in [1.165, 1.54) is 13.2 Å². The molecule has 0 amide bonds. The van der Waals surface area contributed by atoms with Crippen LogP contribution in [0.3, 0.4) is 0 Å². The van der Waals surface area contributed by atoms with Gasteiger partial charge in [0.2, 0.25) is 0 Å². The Morgan fingerprint density at radius 2 is 1.75 bits per heavy atom. The van der Waals surface area contributed by atoms with Gasteiger partial charge in [-0.1, -0.05) is 29.3 Å². The number of nitrogens with one attached hydrogen (secondary N) is 1. The summed E-state index contributed by atoms with van der Waals surface area (Å²) >= 11 is 5.97. The molecule has 2 aromatic carbocycles. The molecule has 0 bridgehead atoms. The van der Waals surface area contributed by atoms with Gasteiger partial charge in [-0.05, 0) is 37.3 Å². The van der Waals surface area contributed by atoms with Crippen molar-refractivity contribution < 1.29 is 13.2 Å². The Kier molecular flexibility index (Phi) is 4.20. The molecule has 6 heteroatoms. The first kappa shape index (κ1) is 14.7. The van der Waals surface area contributed by atoms with Gasteiger partial charge in [0.1, 0.15) is 5.75 Å². The van der Waals surface area contributed by atoms with Gasteiger partial charge in [0.05, 0.1) is 22.7 Å². The third kappa shape index (κ3) is 3.23. The topological polar surface area (TPSA) is 55.4 Å². The Balaban J connectivity index is 2.28. The summed E-state index contributed by atoms with van der Waals surface area (Å²) in [7, 11) is -2.12. The lowest BCUT2D eigenvalue weighted by Gasteiger charge is -2.10. The van der Waals surface area contributed by atoms with E-state index in [1.807, 2.05) is 6.92 Å². The Labute approximate surface area is 123 Å². The molecule has 0 aliphatic carbocycles. The summed E-state index contributed by atoms with van der Waals surface area (Å²) in [4.78, 5) is 0.204. The SMILES string of the molecule is COc1ccc(NS(=O)(=O)c2ccc(C)cc2)cc1Cl. The molecule has 0 radical (unpaired) electrons. The van der Waals surface area contributed by atoms with Gasteiger partial charge >= 0.3 is 0 Å². The lowest BCUT2D eigenvalue weighted by molar-refractivity contribution is 0.415. The van der Waals surface area contributed by atoms with E-state index in [1.54, 1.807) is 36.4 Å². The molecule has 0 fully saturated rings. The molecule has 0 heterocycles. The van der Waals surface area contributed by atoms with E-state index in [0.29, 0.717) is 16.5 Å². The molecule has 2 aromatic rings. The zero-order valence-corrected chi connectivity index (χ0v) is 12.6. The minimum atomic E-state index is -3.62. The van der Waals surface area contributed by atoms with Crippen molar-refractivity contribution in [2.24, 2.45) is 0 Å². The van der Waals surface area contributed by atoms with E-state index in [4.69, 9.17) is 16.3 Å². The molecule has 0 unspecified atom stereocenters. The number of benzene rings is 2. The Morgan fingerprint density at radius 1 is 1.10 bits per heavy atom. The van der Waals surface area contributed by atoms with E-state index < -0.39 is 10.0 Å². The highest BCUT2D eigenvalue weighted by atomic mass is 35.5. The van der Waals surface area contributed by atoms with Gasteiger partial charge in [-0.3, -0.25) is 4.72 Å². The predicted octanol–water partition coefficient (Wildman–Crippen LogP) is 3.46. The van der Waals surface area contributed by atoms with Gasteiger partial charge in [0, 0.05) is 0 Å². The summed E-state index contributed by atoms with van der Waals surface area (Å²) in [6, 6.07) is 11.3. The standard InChI is InChI=1S/C14H14ClNO3S/c1-10-3-6-12(7-4-10)20(17,18)16-11-5-8-14(19-2)13(15)9-11/h3-9,16H,1-2H3. The highest BCUT2D eigenvalue weighted by Gasteiger charge is 2.14. The molecular weight excluding hydrogens is 298 g/mol. The zero-order valence-electron chi connectivity index (χ0n) is 11.1. The molecule has 0 atom stereocenters. The lowest BCUT2D eigenvalue weighted by atomic mass is 10.2. The summed E-state index contributed by atoms with van der Waals surface area (Å²) in [6.45, 7) is 1.90. The summed E-state index contributed by atoms with van der Waals surface area (Å²) in [5, 5.41) is 0.344. The van der Waals surface area contributed by atoms with E-state index >= 15 is 0 Å². The summed E-state index contributed by atoms with van der Waals surface area (Å²) in [5.41, 5.74) is 1.38. The van der Waals surface area contributed by atoms with Crippen molar-refractivity contribution in [1.29, 1.82) is 0 Å². The van der Waals surface area contributed by atoms with Crippen molar-refractivity contribution in [1.82, 2.24) is 0 Å². The van der Waals surface area contributed by atoms with Crippen molar-refractivity contribution in [2.75, 3.05) is 11.8 Å². The second-order valence-corrected chi connectivity index (χ2v) is 6.36. The predicted molar refractivity (Wildman–Crippen MR) is 80.0 cm³/mol. The van der Waals surface area contributed by atoms with Crippen LogP contribution in [0.2, 0.25) is 5.02 Å². The molecule has 0 saturated carbocycles. The maximum atomic E-state index is 12.2. The first-order chi connectivity index (χ1) is 9.42. The second kappa shape index (κ2) is 5.73. The third-order valence-corrected chi connectivity index (χ3v) is 4.43. The van der Waals surface area contributed by atoms with Crippen LogP contribution >= 0.6 is 11.6 Å². The second-order valence-electron chi connectivity index (χ2n) is 4.27. The zero-order chi connectivity index (χ0) is 14.8. The molecule has 2 rings (SSSR count). The number of ether oxygens (including phenoxy) is 1. The average Bonchev–Trinajstić information content (AvgIpc) is 2.39. The number of aryl methyl sites for hydroxylation is 1. The van der Waals surface area contributed by atoms with Crippen LogP contribution < -0.4 is 9.46 Å². The smallest absolute Gasteiger partial charge is 0.261 e. The lowest BCUT2D eigenvalue weighted by Crippen LogP contribution is -2.12. The van der Waals surface area contributed by atoms with Gasteiger partial charge in [0.25, 0.3) is 10.0 Å². The number of anilines is 1. The van der Waals surface area contributed by atoms with Crippen molar-refractivity contribution in [3.63, 3.8) is 0 Å². The minimum absolute atomic E-state index is 0.204. The fraction of sp³-hybridized carbons (Fsp3) is 0.143. The van der Waals surface area contributed by atoms with E-state index in [0.717, 1.165) is 5.56 Å². The number of rotatable bonds is 4. The van der Waals surface area contributed by atoms with Crippen molar-refractivity contribution in [3.05, 3.63) is 53.1 Å². The maximum absolute atomic E-state index is 12.2. The van der Waals surface area contributed by atoms with Gasteiger partial charge < -0.3 is 4.74 Å². The van der Waals surface area contributed by atoms with Gasteiger partial charge in [-0.25, -0.2) is 8.42 Å². The fourth-order valence-electron chi connectivity index (χ4n) is 1.66. The van der Waals surface area contributed by atoms with Crippen LogP contribution in [-0.4, -0.2) is 15.5 Å². The van der Waals surface area contributed by atoms with E-state index in [-0.39, 0.29) is 4.90 Å². The molecule has 106 valence electrons.